The predicted molar refractivity (Wildman–Crippen MR) is 61.6 cm³/mol. The molecule has 0 aliphatic heterocycles. The van der Waals surface area contributed by atoms with Crippen molar-refractivity contribution in [2.75, 3.05) is 5.73 Å². The van der Waals surface area contributed by atoms with E-state index in [9.17, 15) is 0 Å². The monoisotopic (exact) mass is 230 g/mol. The summed E-state index contributed by atoms with van der Waals surface area (Å²) in [4.78, 5) is 7.82. The second-order valence-corrected chi connectivity index (χ2v) is 3.55. The van der Waals surface area contributed by atoms with E-state index in [1.165, 1.54) is 6.20 Å². The summed E-state index contributed by atoms with van der Waals surface area (Å²) in [6.07, 6.45) is 1.41. The number of nitrogens with zero attached hydrogens (tertiary/aromatic N) is 3. The molecule has 2 rings (SSSR count). The van der Waals surface area contributed by atoms with E-state index in [2.05, 4.69) is 9.97 Å². The number of nitriles is 1. The highest BCUT2D eigenvalue weighted by atomic mass is 35.5. The molecule has 2 N–H and O–H groups in total. The van der Waals surface area contributed by atoms with E-state index in [-0.39, 0.29) is 5.95 Å². The van der Waals surface area contributed by atoms with Gasteiger partial charge in [0.25, 0.3) is 0 Å². The summed E-state index contributed by atoms with van der Waals surface area (Å²) >= 11 is 5.78. The largest absolute Gasteiger partial charge is 0.368 e. The highest BCUT2D eigenvalue weighted by Crippen LogP contribution is 2.22. The number of anilines is 1. The maximum atomic E-state index is 8.93. The van der Waals surface area contributed by atoms with Gasteiger partial charge in [0.05, 0.1) is 17.5 Å². The lowest BCUT2D eigenvalue weighted by atomic mass is 10.1. The van der Waals surface area contributed by atoms with Crippen molar-refractivity contribution in [1.82, 2.24) is 9.97 Å². The number of halogens is 1. The van der Waals surface area contributed by atoms with Gasteiger partial charge in [-0.05, 0) is 12.1 Å². The lowest BCUT2D eigenvalue weighted by Crippen LogP contribution is -1.98. The van der Waals surface area contributed by atoms with Crippen molar-refractivity contribution >= 4 is 17.5 Å². The first-order chi connectivity index (χ1) is 7.70. The molecule has 0 aliphatic rings. The van der Waals surface area contributed by atoms with Crippen LogP contribution in [0.25, 0.3) is 11.3 Å². The van der Waals surface area contributed by atoms with Crippen LogP contribution in [0.1, 0.15) is 5.56 Å². The second kappa shape index (κ2) is 4.17. The Morgan fingerprint density at radius 3 is 2.56 bits per heavy atom. The molecule has 16 heavy (non-hydrogen) atoms. The van der Waals surface area contributed by atoms with Crippen LogP contribution in [-0.4, -0.2) is 9.97 Å². The third kappa shape index (κ3) is 1.95. The second-order valence-electron chi connectivity index (χ2n) is 3.11. The Bertz CT molecular complexity index is 557. The van der Waals surface area contributed by atoms with Crippen molar-refractivity contribution in [3.05, 3.63) is 41.0 Å². The third-order valence-corrected chi connectivity index (χ3v) is 2.30. The Morgan fingerprint density at radius 2 is 1.94 bits per heavy atom. The Kier molecular flexibility index (Phi) is 2.71. The first kappa shape index (κ1) is 10.4. The van der Waals surface area contributed by atoms with E-state index in [1.807, 2.05) is 6.07 Å². The fourth-order valence-corrected chi connectivity index (χ4v) is 1.43. The van der Waals surface area contributed by atoms with Crippen molar-refractivity contribution in [2.24, 2.45) is 0 Å². The minimum atomic E-state index is 0.143. The quantitative estimate of drug-likeness (QED) is 0.815. The summed E-state index contributed by atoms with van der Waals surface area (Å²) in [5, 5.41) is 9.56. The maximum absolute atomic E-state index is 8.93. The van der Waals surface area contributed by atoms with E-state index in [0.29, 0.717) is 16.3 Å². The fraction of sp³-hybridized carbons (Fsp3) is 0. The molecule has 0 aliphatic carbocycles. The Morgan fingerprint density at radius 1 is 1.25 bits per heavy atom. The number of hydrogen-bond donors (Lipinski definition) is 1. The zero-order valence-electron chi connectivity index (χ0n) is 8.18. The molecular formula is C11H7ClN4. The van der Waals surface area contributed by atoms with Crippen molar-refractivity contribution < 1.29 is 0 Å². The number of hydrogen-bond acceptors (Lipinski definition) is 4. The van der Waals surface area contributed by atoms with Gasteiger partial charge < -0.3 is 5.73 Å². The van der Waals surface area contributed by atoms with Gasteiger partial charge in [0.15, 0.2) is 0 Å². The van der Waals surface area contributed by atoms with Crippen LogP contribution in [0.4, 0.5) is 5.95 Å². The normalized spacial score (nSPS) is 9.75. The van der Waals surface area contributed by atoms with Crippen LogP contribution >= 0.6 is 11.6 Å². The predicted octanol–water partition coefficient (Wildman–Crippen LogP) is 2.25. The third-order valence-electron chi connectivity index (χ3n) is 2.05. The molecule has 4 nitrogen and oxygen atoms in total. The molecule has 78 valence electrons. The zero-order chi connectivity index (χ0) is 11.5. The average Bonchev–Trinajstić information content (AvgIpc) is 2.30. The van der Waals surface area contributed by atoms with Crippen LogP contribution in [0.2, 0.25) is 5.02 Å². The summed E-state index contributed by atoms with van der Waals surface area (Å²) < 4.78 is 0. The molecule has 0 saturated carbocycles. The molecule has 0 amide bonds. The number of benzene rings is 1. The minimum Gasteiger partial charge on any atom is -0.368 e. The first-order valence-electron chi connectivity index (χ1n) is 4.49. The topological polar surface area (TPSA) is 75.6 Å². The lowest BCUT2D eigenvalue weighted by Gasteiger charge is -2.03. The van der Waals surface area contributed by atoms with Crippen LogP contribution < -0.4 is 5.73 Å². The number of nitrogens with two attached hydrogens (primary N) is 1. The van der Waals surface area contributed by atoms with Gasteiger partial charge in [-0.25, -0.2) is 9.97 Å². The van der Waals surface area contributed by atoms with Crippen molar-refractivity contribution in [3.8, 4) is 17.3 Å². The van der Waals surface area contributed by atoms with Crippen molar-refractivity contribution in [2.45, 2.75) is 0 Å². The SMILES string of the molecule is N#Cc1cnc(N)nc1-c1ccc(Cl)cc1. The molecule has 1 aromatic carbocycles. The molecule has 2 aromatic rings. The molecule has 5 heteroatoms. The van der Waals surface area contributed by atoms with Gasteiger partial charge in [0.2, 0.25) is 5.95 Å². The van der Waals surface area contributed by atoms with Crippen LogP contribution in [0.5, 0.6) is 0 Å². The Balaban J connectivity index is 2.59. The molecule has 0 saturated heterocycles. The van der Waals surface area contributed by atoms with Gasteiger partial charge in [-0.15, -0.1) is 0 Å². The molecule has 0 radical (unpaired) electrons. The van der Waals surface area contributed by atoms with Gasteiger partial charge in [0.1, 0.15) is 6.07 Å². The minimum absolute atomic E-state index is 0.143. The van der Waals surface area contributed by atoms with Crippen LogP contribution in [0.3, 0.4) is 0 Å². The molecule has 0 unspecified atom stereocenters. The van der Waals surface area contributed by atoms with E-state index in [4.69, 9.17) is 22.6 Å². The smallest absolute Gasteiger partial charge is 0.220 e. The molecule has 0 atom stereocenters. The molecule has 0 bridgehead atoms. The molecule has 0 fully saturated rings. The summed E-state index contributed by atoms with van der Waals surface area (Å²) in [5.41, 5.74) is 7.18. The maximum Gasteiger partial charge on any atom is 0.220 e. The van der Waals surface area contributed by atoms with E-state index >= 15 is 0 Å². The molecular weight excluding hydrogens is 224 g/mol. The summed E-state index contributed by atoms with van der Waals surface area (Å²) in [6.45, 7) is 0. The standard InChI is InChI=1S/C11H7ClN4/c12-9-3-1-7(2-4-9)10-8(5-13)6-15-11(14)16-10/h1-4,6H,(H2,14,15,16). The summed E-state index contributed by atoms with van der Waals surface area (Å²) in [6, 6.07) is 9.05. The summed E-state index contributed by atoms with van der Waals surface area (Å²) in [5.74, 6) is 0.143. The van der Waals surface area contributed by atoms with Crippen molar-refractivity contribution in [1.29, 1.82) is 5.26 Å². The zero-order valence-corrected chi connectivity index (χ0v) is 8.94. The van der Waals surface area contributed by atoms with E-state index in [1.54, 1.807) is 24.3 Å². The average molecular weight is 231 g/mol. The highest BCUT2D eigenvalue weighted by Gasteiger charge is 2.07. The van der Waals surface area contributed by atoms with Crippen LogP contribution in [-0.2, 0) is 0 Å². The highest BCUT2D eigenvalue weighted by molar-refractivity contribution is 6.30. The van der Waals surface area contributed by atoms with E-state index in [0.717, 1.165) is 5.56 Å². The van der Waals surface area contributed by atoms with Gasteiger partial charge in [-0.1, -0.05) is 23.7 Å². The number of aromatic nitrogens is 2. The summed E-state index contributed by atoms with van der Waals surface area (Å²) in [7, 11) is 0. The van der Waals surface area contributed by atoms with Crippen molar-refractivity contribution in [3.63, 3.8) is 0 Å². The molecule has 1 aromatic heterocycles. The molecule has 0 spiro atoms. The van der Waals surface area contributed by atoms with E-state index < -0.39 is 0 Å². The van der Waals surface area contributed by atoms with Gasteiger partial charge in [0, 0.05) is 10.6 Å². The first-order valence-corrected chi connectivity index (χ1v) is 4.87. The van der Waals surface area contributed by atoms with Gasteiger partial charge in [-0.2, -0.15) is 5.26 Å². The molecule has 1 heterocycles. The number of rotatable bonds is 1. The lowest BCUT2D eigenvalue weighted by molar-refractivity contribution is 1.17. The fourth-order valence-electron chi connectivity index (χ4n) is 1.31. The van der Waals surface area contributed by atoms with Gasteiger partial charge >= 0.3 is 0 Å². The number of nitrogen functional groups attached to an aromatic ring is 1. The Labute approximate surface area is 97.3 Å². The van der Waals surface area contributed by atoms with Gasteiger partial charge in [-0.3, -0.25) is 0 Å². The Hall–Kier alpha value is -2.12. The van der Waals surface area contributed by atoms with Crippen LogP contribution in [0.15, 0.2) is 30.5 Å². The van der Waals surface area contributed by atoms with Crippen LogP contribution in [0, 0.1) is 11.3 Å².